The van der Waals surface area contributed by atoms with Gasteiger partial charge in [-0.25, -0.2) is 4.79 Å². The first-order chi connectivity index (χ1) is 10.0. The predicted octanol–water partition coefficient (Wildman–Crippen LogP) is 1.33. The van der Waals surface area contributed by atoms with Gasteiger partial charge in [-0.3, -0.25) is 9.59 Å². The van der Waals surface area contributed by atoms with Crippen molar-refractivity contribution in [3.05, 3.63) is 29.8 Å². The molecule has 1 fully saturated rings. The molecule has 2 heterocycles. The number of aliphatic carboxylic acids is 1. The van der Waals surface area contributed by atoms with Gasteiger partial charge in [-0.15, -0.1) is 0 Å². The molecule has 0 aromatic heterocycles. The number of hydrogen-bond donors (Lipinski definition) is 2. The third-order valence-electron chi connectivity index (χ3n) is 4.44. The minimum atomic E-state index is -1.79. The van der Waals surface area contributed by atoms with Crippen molar-refractivity contribution >= 4 is 23.5 Å². The Morgan fingerprint density at radius 1 is 1.43 bits per heavy atom. The van der Waals surface area contributed by atoms with Crippen LogP contribution in [0.4, 0.5) is 5.69 Å². The average Bonchev–Trinajstić information content (AvgIpc) is 2.84. The van der Waals surface area contributed by atoms with E-state index in [0.29, 0.717) is 17.8 Å². The molecule has 0 bridgehead atoms. The molecule has 1 aromatic rings. The Kier molecular flexibility index (Phi) is 2.97. The number of carboxylic acid groups (broad SMARTS) is 1. The Balaban J connectivity index is 2.17. The van der Waals surface area contributed by atoms with E-state index < -0.39 is 23.3 Å². The van der Waals surface area contributed by atoms with Crippen LogP contribution in [0.5, 0.6) is 0 Å². The van der Waals surface area contributed by atoms with E-state index in [1.807, 2.05) is 6.92 Å². The van der Waals surface area contributed by atoms with Crippen LogP contribution in [0, 0.1) is 5.92 Å². The standard InChI is InChI=1S/C15H16N2O4/c1-2-9-7-15(14(20)21)13(19)16-11-6-4-3-5-10(11)12(18)17(15)8-9/h3-6,9H,2,7-8H2,1H3,(H,16,19)(H,20,21). The number of carbonyl (C=O) groups excluding carboxylic acids is 2. The molecule has 6 nitrogen and oxygen atoms in total. The summed E-state index contributed by atoms with van der Waals surface area (Å²) in [4.78, 5) is 38.3. The third kappa shape index (κ3) is 1.75. The van der Waals surface area contributed by atoms with E-state index >= 15 is 0 Å². The van der Waals surface area contributed by atoms with Crippen molar-refractivity contribution < 1.29 is 19.5 Å². The highest BCUT2D eigenvalue weighted by Gasteiger charge is 2.60. The number of nitrogens with one attached hydrogen (secondary N) is 1. The van der Waals surface area contributed by atoms with E-state index in [1.54, 1.807) is 24.3 Å². The number of hydrogen-bond acceptors (Lipinski definition) is 3. The lowest BCUT2D eigenvalue weighted by atomic mass is 9.90. The molecular weight excluding hydrogens is 272 g/mol. The molecular formula is C15H16N2O4. The summed E-state index contributed by atoms with van der Waals surface area (Å²) in [7, 11) is 0. The Hall–Kier alpha value is -2.37. The summed E-state index contributed by atoms with van der Waals surface area (Å²) >= 11 is 0. The van der Waals surface area contributed by atoms with Gasteiger partial charge < -0.3 is 15.3 Å². The Morgan fingerprint density at radius 3 is 2.81 bits per heavy atom. The van der Waals surface area contributed by atoms with Gasteiger partial charge in [-0.1, -0.05) is 25.5 Å². The van der Waals surface area contributed by atoms with Crippen molar-refractivity contribution in [2.75, 3.05) is 11.9 Å². The molecule has 2 aliphatic heterocycles. The molecule has 1 aromatic carbocycles. The lowest BCUT2D eigenvalue weighted by Gasteiger charge is -2.30. The summed E-state index contributed by atoms with van der Waals surface area (Å²) in [6.45, 7) is 2.23. The van der Waals surface area contributed by atoms with Crippen LogP contribution >= 0.6 is 0 Å². The second kappa shape index (κ2) is 4.58. The molecule has 110 valence electrons. The summed E-state index contributed by atoms with van der Waals surface area (Å²) < 4.78 is 0. The minimum absolute atomic E-state index is 0.0149. The number of nitrogens with zero attached hydrogens (tertiary/aromatic N) is 1. The smallest absolute Gasteiger partial charge is 0.339 e. The second-order valence-electron chi connectivity index (χ2n) is 5.56. The molecule has 21 heavy (non-hydrogen) atoms. The highest BCUT2D eigenvalue weighted by Crippen LogP contribution is 2.40. The van der Waals surface area contributed by atoms with Crippen molar-refractivity contribution in [2.45, 2.75) is 25.3 Å². The van der Waals surface area contributed by atoms with Gasteiger partial charge in [0, 0.05) is 6.54 Å². The molecule has 0 radical (unpaired) electrons. The van der Waals surface area contributed by atoms with Gasteiger partial charge in [0.05, 0.1) is 11.3 Å². The van der Waals surface area contributed by atoms with Crippen molar-refractivity contribution in [3.8, 4) is 0 Å². The lowest BCUT2D eigenvalue weighted by molar-refractivity contribution is -0.153. The minimum Gasteiger partial charge on any atom is -0.479 e. The molecule has 0 spiro atoms. The zero-order chi connectivity index (χ0) is 15.2. The molecule has 6 heteroatoms. The number of carbonyl (C=O) groups is 3. The van der Waals surface area contributed by atoms with Gasteiger partial charge in [0.1, 0.15) is 0 Å². The van der Waals surface area contributed by atoms with Gasteiger partial charge >= 0.3 is 5.97 Å². The van der Waals surface area contributed by atoms with Gasteiger partial charge in [-0.2, -0.15) is 0 Å². The average molecular weight is 288 g/mol. The second-order valence-corrected chi connectivity index (χ2v) is 5.56. The summed E-state index contributed by atoms with van der Waals surface area (Å²) in [6.07, 6.45) is 0.887. The summed E-state index contributed by atoms with van der Waals surface area (Å²) in [5.74, 6) is -2.29. The van der Waals surface area contributed by atoms with Crippen molar-refractivity contribution in [2.24, 2.45) is 5.92 Å². The van der Waals surface area contributed by atoms with Crippen LogP contribution in [-0.2, 0) is 9.59 Å². The van der Waals surface area contributed by atoms with Crippen LogP contribution < -0.4 is 5.32 Å². The zero-order valence-electron chi connectivity index (χ0n) is 11.6. The first-order valence-corrected chi connectivity index (χ1v) is 6.96. The van der Waals surface area contributed by atoms with Crippen molar-refractivity contribution in [1.29, 1.82) is 0 Å². The Morgan fingerprint density at radius 2 is 2.14 bits per heavy atom. The number of amides is 2. The zero-order valence-corrected chi connectivity index (χ0v) is 11.6. The van der Waals surface area contributed by atoms with Crippen molar-refractivity contribution in [1.82, 2.24) is 4.90 Å². The summed E-state index contributed by atoms with van der Waals surface area (Å²) in [6, 6.07) is 6.62. The van der Waals surface area contributed by atoms with Crippen LogP contribution in [0.15, 0.2) is 24.3 Å². The number of benzene rings is 1. The molecule has 2 atom stereocenters. The van der Waals surface area contributed by atoms with E-state index in [9.17, 15) is 19.5 Å². The molecule has 1 saturated heterocycles. The third-order valence-corrected chi connectivity index (χ3v) is 4.44. The normalized spacial score (nSPS) is 27.7. The van der Waals surface area contributed by atoms with Gasteiger partial charge in [-0.05, 0) is 24.5 Å². The molecule has 0 aliphatic carbocycles. The molecule has 2 unspecified atom stereocenters. The van der Waals surface area contributed by atoms with Crippen LogP contribution in [0.1, 0.15) is 30.1 Å². The molecule has 2 amide bonds. The molecule has 0 saturated carbocycles. The fourth-order valence-corrected chi connectivity index (χ4v) is 3.20. The maximum Gasteiger partial charge on any atom is 0.339 e. The maximum absolute atomic E-state index is 12.7. The largest absolute Gasteiger partial charge is 0.479 e. The monoisotopic (exact) mass is 288 g/mol. The van der Waals surface area contributed by atoms with E-state index in [-0.39, 0.29) is 12.3 Å². The van der Waals surface area contributed by atoms with Crippen LogP contribution in [0.25, 0.3) is 0 Å². The van der Waals surface area contributed by atoms with E-state index in [0.717, 1.165) is 6.42 Å². The SMILES string of the molecule is CCC1CN2C(=O)c3ccccc3NC(=O)C2(C(=O)O)C1. The van der Waals surface area contributed by atoms with E-state index in [4.69, 9.17) is 0 Å². The topological polar surface area (TPSA) is 86.7 Å². The van der Waals surface area contributed by atoms with Gasteiger partial charge in [0.2, 0.25) is 5.54 Å². The van der Waals surface area contributed by atoms with E-state index in [2.05, 4.69) is 5.32 Å². The Bertz CT molecular complexity index is 642. The molecule has 2 aliphatic rings. The van der Waals surface area contributed by atoms with Crippen LogP contribution in [0.2, 0.25) is 0 Å². The summed E-state index contributed by atoms with van der Waals surface area (Å²) in [5, 5.41) is 12.3. The molecule has 3 rings (SSSR count). The lowest BCUT2D eigenvalue weighted by Crippen LogP contribution is -2.59. The maximum atomic E-state index is 12.7. The fraction of sp³-hybridized carbons (Fsp3) is 0.400. The Labute approximate surface area is 121 Å². The first-order valence-electron chi connectivity index (χ1n) is 6.96. The number of fused-ring (bicyclic) bond motifs is 2. The highest BCUT2D eigenvalue weighted by molar-refractivity contribution is 6.20. The van der Waals surface area contributed by atoms with Crippen molar-refractivity contribution in [3.63, 3.8) is 0 Å². The first kappa shape index (κ1) is 13.6. The van der Waals surface area contributed by atoms with Gasteiger partial charge in [0.15, 0.2) is 0 Å². The quantitative estimate of drug-likeness (QED) is 0.804. The van der Waals surface area contributed by atoms with E-state index in [1.165, 1.54) is 4.90 Å². The highest BCUT2D eigenvalue weighted by atomic mass is 16.4. The van der Waals surface area contributed by atoms with Gasteiger partial charge in [0.25, 0.3) is 11.8 Å². The van der Waals surface area contributed by atoms with Crippen LogP contribution in [-0.4, -0.2) is 39.9 Å². The van der Waals surface area contributed by atoms with Crippen LogP contribution in [0.3, 0.4) is 0 Å². The fourth-order valence-electron chi connectivity index (χ4n) is 3.20. The number of rotatable bonds is 2. The number of carboxylic acids is 1. The molecule has 2 N–H and O–H groups in total. The number of para-hydroxylation sites is 1. The number of anilines is 1. The summed E-state index contributed by atoms with van der Waals surface area (Å²) in [5.41, 5.74) is -1.09. The predicted molar refractivity (Wildman–Crippen MR) is 74.9 cm³/mol.